The summed E-state index contributed by atoms with van der Waals surface area (Å²) >= 11 is 3.27. The third kappa shape index (κ3) is 2.04. The van der Waals surface area contributed by atoms with Crippen molar-refractivity contribution in [2.45, 2.75) is 26.2 Å². The Morgan fingerprint density at radius 2 is 2.12 bits per heavy atom. The van der Waals surface area contributed by atoms with Crippen molar-refractivity contribution in [3.05, 3.63) is 28.3 Å². The van der Waals surface area contributed by atoms with Crippen LogP contribution in [0.1, 0.15) is 37.0 Å². The molecule has 0 aliphatic heterocycles. The van der Waals surface area contributed by atoms with Gasteiger partial charge in [0.1, 0.15) is 0 Å². The number of fused-ring (bicyclic) bond motifs is 1. The van der Waals surface area contributed by atoms with E-state index in [2.05, 4.69) is 25.9 Å². The Balaban J connectivity index is 2.86. The number of aromatic nitrogens is 3. The lowest BCUT2D eigenvalue weighted by Gasteiger charge is -2.15. The van der Waals surface area contributed by atoms with E-state index in [9.17, 15) is 9.90 Å². The van der Waals surface area contributed by atoms with Crippen LogP contribution in [0.5, 0.6) is 0 Å². The van der Waals surface area contributed by atoms with Crippen LogP contribution in [-0.4, -0.2) is 25.4 Å². The maximum atomic E-state index is 11.4. The van der Waals surface area contributed by atoms with Crippen LogP contribution in [0.3, 0.4) is 0 Å². The molecule has 0 aliphatic carbocycles. The molecule has 6 heteroatoms. The monoisotopic (exact) mass is 297 g/mol. The lowest BCUT2D eigenvalue weighted by Crippen LogP contribution is -2.17. The molecule has 2 heterocycles. The molecular weight excluding hydrogens is 286 g/mol. The SMILES string of the molecule is CC(C)(C)c1nc2ncc(Br)cn2c1C(=O)O. The zero-order valence-corrected chi connectivity index (χ0v) is 11.3. The minimum Gasteiger partial charge on any atom is -0.477 e. The number of imidazole rings is 1. The first-order valence-electron chi connectivity index (χ1n) is 5.08. The Bertz CT molecular complexity index is 599. The van der Waals surface area contributed by atoms with Crippen LogP contribution in [0.25, 0.3) is 5.78 Å². The molecule has 0 amide bonds. The van der Waals surface area contributed by atoms with Crippen molar-refractivity contribution >= 4 is 27.7 Å². The lowest BCUT2D eigenvalue weighted by molar-refractivity contribution is 0.0686. The van der Waals surface area contributed by atoms with E-state index in [0.29, 0.717) is 15.9 Å². The summed E-state index contributed by atoms with van der Waals surface area (Å²) in [6.45, 7) is 5.78. The molecule has 2 aromatic heterocycles. The van der Waals surface area contributed by atoms with Crippen molar-refractivity contribution in [1.29, 1.82) is 0 Å². The number of nitrogens with zero attached hydrogens (tertiary/aromatic N) is 3. The topological polar surface area (TPSA) is 67.5 Å². The van der Waals surface area contributed by atoms with E-state index in [1.165, 1.54) is 4.40 Å². The summed E-state index contributed by atoms with van der Waals surface area (Å²) in [5, 5.41) is 9.30. The molecule has 0 radical (unpaired) electrons. The molecule has 2 rings (SSSR count). The summed E-state index contributed by atoms with van der Waals surface area (Å²) in [5.74, 6) is -0.599. The molecule has 2 aromatic rings. The molecule has 0 bridgehead atoms. The second-order valence-corrected chi connectivity index (χ2v) is 5.72. The van der Waals surface area contributed by atoms with Crippen LogP contribution >= 0.6 is 15.9 Å². The average Bonchev–Trinajstić information content (AvgIpc) is 2.55. The molecule has 0 aliphatic rings. The first-order valence-corrected chi connectivity index (χ1v) is 5.87. The third-order valence-electron chi connectivity index (χ3n) is 2.36. The highest BCUT2D eigenvalue weighted by atomic mass is 79.9. The Morgan fingerprint density at radius 3 is 2.65 bits per heavy atom. The highest BCUT2D eigenvalue weighted by Crippen LogP contribution is 2.26. The highest BCUT2D eigenvalue weighted by molar-refractivity contribution is 9.10. The molecule has 0 unspecified atom stereocenters. The van der Waals surface area contributed by atoms with E-state index in [1.54, 1.807) is 12.4 Å². The molecule has 90 valence electrons. The number of rotatable bonds is 1. The number of hydrogen-bond acceptors (Lipinski definition) is 3. The Kier molecular flexibility index (Phi) is 2.69. The molecule has 17 heavy (non-hydrogen) atoms. The van der Waals surface area contributed by atoms with Gasteiger partial charge >= 0.3 is 5.97 Å². The minimum absolute atomic E-state index is 0.168. The maximum Gasteiger partial charge on any atom is 0.354 e. The summed E-state index contributed by atoms with van der Waals surface area (Å²) < 4.78 is 2.21. The summed E-state index contributed by atoms with van der Waals surface area (Å²) in [4.78, 5) is 19.7. The summed E-state index contributed by atoms with van der Waals surface area (Å²) in [6, 6.07) is 0. The van der Waals surface area contributed by atoms with Crippen LogP contribution in [0, 0.1) is 0 Å². The van der Waals surface area contributed by atoms with E-state index in [1.807, 2.05) is 20.8 Å². The molecule has 0 aromatic carbocycles. The summed E-state index contributed by atoms with van der Waals surface area (Å²) in [5.41, 5.74) is 0.366. The van der Waals surface area contributed by atoms with Crippen molar-refractivity contribution in [2.24, 2.45) is 0 Å². The first kappa shape index (κ1) is 12.0. The van der Waals surface area contributed by atoms with Gasteiger partial charge in [-0.2, -0.15) is 0 Å². The third-order valence-corrected chi connectivity index (χ3v) is 2.77. The van der Waals surface area contributed by atoms with Crippen LogP contribution in [0.4, 0.5) is 0 Å². The van der Waals surface area contributed by atoms with Crippen LogP contribution in [0.15, 0.2) is 16.9 Å². The van der Waals surface area contributed by atoms with Crippen molar-refractivity contribution < 1.29 is 9.90 Å². The normalized spacial score (nSPS) is 12.0. The zero-order chi connectivity index (χ0) is 12.8. The number of carboxylic acids is 1. The standard InChI is InChI=1S/C11H12BrN3O2/c1-11(2,3)8-7(9(16)17)15-5-6(12)4-13-10(15)14-8/h4-5H,1-3H3,(H,16,17). The number of hydrogen-bond donors (Lipinski definition) is 1. The van der Waals surface area contributed by atoms with Crippen molar-refractivity contribution in [2.75, 3.05) is 0 Å². The molecule has 0 saturated carbocycles. The second kappa shape index (κ2) is 3.80. The fourth-order valence-electron chi connectivity index (χ4n) is 1.64. The largest absolute Gasteiger partial charge is 0.477 e. The highest BCUT2D eigenvalue weighted by Gasteiger charge is 2.28. The van der Waals surface area contributed by atoms with E-state index in [-0.39, 0.29) is 11.1 Å². The van der Waals surface area contributed by atoms with Crippen LogP contribution in [-0.2, 0) is 5.41 Å². The van der Waals surface area contributed by atoms with Crippen LogP contribution in [0.2, 0.25) is 0 Å². The number of aromatic carboxylic acids is 1. The predicted molar refractivity (Wildman–Crippen MR) is 66.3 cm³/mol. The number of carbonyl (C=O) groups is 1. The van der Waals surface area contributed by atoms with Crippen molar-refractivity contribution in [3.63, 3.8) is 0 Å². The van der Waals surface area contributed by atoms with Gasteiger partial charge in [0.15, 0.2) is 5.69 Å². The Labute approximate surface area is 107 Å². The van der Waals surface area contributed by atoms with Crippen molar-refractivity contribution in [3.8, 4) is 0 Å². The Hall–Kier alpha value is -1.43. The fourth-order valence-corrected chi connectivity index (χ4v) is 1.94. The molecule has 5 nitrogen and oxygen atoms in total. The van der Waals surface area contributed by atoms with Gasteiger partial charge in [0.25, 0.3) is 0 Å². The van der Waals surface area contributed by atoms with Gasteiger partial charge < -0.3 is 5.11 Å². The first-order chi connectivity index (χ1) is 7.80. The fraction of sp³-hybridized carbons (Fsp3) is 0.364. The van der Waals surface area contributed by atoms with Gasteiger partial charge in [-0.25, -0.2) is 14.8 Å². The zero-order valence-electron chi connectivity index (χ0n) is 9.73. The van der Waals surface area contributed by atoms with Gasteiger partial charge in [0, 0.05) is 17.8 Å². The average molecular weight is 298 g/mol. The Morgan fingerprint density at radius 1 is 1.47 bits per heavy atom. The second-order valence-electron chi connectivity index (χ2n) is 4.81. The molecular formula is C11H12BrN3O2. The molecule has 0 spiro atoms. The number of halogens is 1. The van der Waals surface area contributed by atoms with E-state index in [4.69, 9.17) is 0 Å². The van der Waals surface area contributed by atoms with Gasteiger partial charge in [0.05, 0.1) is 10.2 Å². The van der Waals surface area contributed by atoms with Gasteiger partial charge in [-0.05, 0) is 15.9 Å². The van der Waals surface area contributed by atoms with E-state index >= 15 is 0 Å². The summed E-state index contributed by atoms with van der Waals surface area (Å²) in [6.07, 6.45) is 3.26. The maximum absolute atomic E-state index is 11.4. The van der Waals surface area contributed by atoms with Gasteiger partial charge in [-0.3, -0.25) is 4.40 Å². The molecule has 0 atom stereocenters. The summed E-state index contributed by atoms with van der Waals surface area (Å²) in [7, 11) is 0. The van der Waals surface area contributed by atoms with Gasteiger partial charge in [0.2, 0.25) is 5.78 Å². The predicted octanol–water partition coefficient (Wildman–Crippen LogP) is 2.49. The molecule has 1 N–H and O–H groups in total. The van der Waals surface area contributed by atoms with E-state index in [0.717, 1.165) is 0 Å². The smallest absolute Gasteiger partial charge is 0.354 e. The molecule has 0 saturated heterocycles. The molecule has 0 fully saturated rings. The van der Waals surface area contributed by atoms with Gasteiger partial charge in [-0.1, -0.05) is 20.8 Å². The van der Waals surface area contributed by atoms with Crippen molar-refractivity contribution in [1.82, 2.24) is 14.4 Å². The van der Waals surface area contributed by atoms with Crippen LogP contribution < -0.4 is 0 Å². The van der Waals surface area contributed by atoms with Gasteiger partial charge in [-0.15, -0.1) is 0 Å². The lowest BCUT2D eigenvalue weighted by atomic mass is 9.91. The minimum atomic E-state index is -0.998. The quantitative estimate of drug-likeness (QED) is 0.878. The van der Waals surface area contributed by atoms with E-state index < -0.39 is 5.97 Å². The number of carboxylic acid groups (broad SMARTS) is 1.